The molecule has 0 fully saturated rings. The van der Waals surface area contributed by atoms with Gasteiger partial charge in [-0.25, -0.2) is 0 Å². The maximum atomic E-state index is 13.9. The lowest BCUT2D eigenvalue weighted by atomic mass is 9.94. The first-order chi connectivity index (χ1) is 19.2. The largest absolute Gasteiger partial charge is 0.482 e. The van der Waals surface area contributed by atoms with E-state index < -0.39 is 0 Å². The molecule has 0 N–H and O–H groups in total. The Kier molecular flexibility index (Phi) is 6.95. The molecule has 0 saturated carbocycles. The first-order valence-electron chi connectivity index (χ1n) is 13.3. The van der Waals surface area contributed by atoms with Crippen molar-refractivity contribution in [2.24, 2.45) is 0 Å². The van der Waals surface area contributed by atoms with Gasteiger partial charge in [-0.1, -0.05) is 72.8 Å². The monoisotopic (exact) mass is 518 g/mol. The summed E-state index contributed by atoms with van der Waals surface area (Å²) < 4.78 is 7.91. The summed E-state index contributed by atoms with van der Waals surface area (Å²) in [7, 11) is 0. The highest BCUT2D eigenvalue weighted by Gasteiger charge is 2.37. The van der Waals surface area contributed by atoms with Crippen molar-refractivity contribution in [3.63, 3.8) is 0 Å². The van der Waals surface area contributed by atoms with Crippen LogP contribution in [-0.2, 0) is 13.0 Å². The molecule has 0 saturated heterocycles. The maximum Gasteiger partial charge on any atom is 0.277 e. The second-order valence-corrected chi connectivity index (χ2v) is 9.80. The van der Waals surface area contributed by atoms with Gasteiger partial charge in [-0.15, -0.1) is 0 Å². The summed E-state index contributed by atoms with van der Waals surface area (Å²) in [6.07, 6.45) is 10.4. The van der Waals surface area contributed by atoms with Gasteiger partial charge in [0.15, 0.2) is 11.4 Å². The number of aromatic nitrogens is 2. The third kappa shape index (κ3) is 4.95. The van der Waals surface area contributed by atoms with E-state index in [0.29, 0.717) is 13.2 Å². The Morgan fingerprint density at radius 3 is 2.56 bits per heavy atom. The van der Waals surface area contributed by atoms with E-state index >= 15 is 0 Å². The van der Waals surface area contributed by atoms with Gasteiger partial charge in [0.1, 0.15) is 19.3 Å². The van der Waals surface area contributed by atoms with E-state index in [1.54, 1.807) is 17.1 Å². The van der Waals surface area contributed by atoms with Gasteiger partial charge >= 0.3 is 0 Å². The van der Waals surface area contributed by atoms with Crippen molar-refractivity contribution in [1.82, 2.24) is 14.6 Å². The molecule has 0 radical (unpaired) electrons. The maximum absolute atomic E-state index is 13.9. The second-order valence-electron chi connectivity index (χ2n) is 9.80. The molecule has 0 spiro atoms. The number of ether oxygens (including phenoxy) is 1. The Labute approximate surface area is 227 Å². The molecule has 0 aliphatic carbocycles. The molecule has 7 heteroatoms. The predicted molar refractivity (Wildman–Crippen MR) is 150 cm³/mol. The lowest BCUT2D eigenvalue weighted by molar-refractivity contribution is 0.0674. The average Bonchev–Trinajstić information content (AvgIpc) is 2.97. The quantitative estimate of drug-likeness (QED) is 0.361. The van der Waals surface area contributed by atoms with Crippen molar-refractivity contribution in [1.29, 1.82) is 0 Å². The van der Waals surface area contributed by atoms with Gasteiger partial charge in [0.05, 0.1) is 5.69 Å². The van der Waals surface area contributed by atoms with Gasteiger partial charge in [0, 0.05) is 25.0 Å². The van der Waals surface area contributed by atoms with E-state index in [9.17, 15) is 9.59 Å². The number of hydrogen-bond donors (Lipinski definition) is 0. The molecule has 4 aromatic rings. The van der Waals surface area contributed by atoms with Crippen LogP contribution in [0.2, 0.25) is 0 Å². The molecule has 6 rings (SSSR count). The Morgan fingerprint density at radius 1 is 0.897 bits per heavy atom. The highest BCUT2D eigenvalue weighted by molar-refractivity contribution is 5.96. The molecule has 1 atom stereocenters. The van der Waals surface area contributed by atoms with Crippen LogP contribution in [0.3, 0.4) is 0 Å². The van der Waals surface area contributed by atoms with Crippen molar-refractivity contribution in [2.45, 2.75) is 31.9 Å². The summed E-state index contributed by atoms with van der Waals surface area (Å²) in [6.45, 7) is 1.11. The highest BCUT2D eigenvalue weighted by atomic mass is 16.5. The van der Waals surface area contributed by atoms with Crippen LogP contribution in [0.25, 0.3) is 0 Å². The van der Waals surface area contributed by atoms with Crippen LogP contribution >= 0.6 is 0 Å². The zero-order valence-corrected chi connectivity index (χ0v) is 21.6. The van der Waals surface area contributed by atoms with Crippen LogP contribution < -0.4 is 15.2 Å². The van der Waals surface area contributed by atoms with E-state index in [0.717, 1.165) is 36.1 Å². The van der Waals surface area contributed by atoms with Crippen LogP contribution in [0, 0.1) is 0 Å². The van der Waals surface area contributed by atoms with Crippen molar-refractivity contribution in [3.8, 4) is 5.75 Å². The molecule has 2 aliphatic rings. The summed E-state index contributed by atoms with van der Waals surface area (Å²) in [6, 6.07) is 25.1. The Morgan fingerprint density at radius 2 is 1.72 bits per heavy atom. The van der Waals surface area contributed by atoms with Gasteiger partial charge in [-0.05, 0) is 48.1 Å². The zero-order chi connectivity index (χ0) is 26.6. The summed E-state index contributed by atoms with van der Waals surface area (Å²) in [5.74, 6) is -0.137. The van der Waals surface area contributed by atoms with Crippen LogP contribution in [-0.4, -0.2) is 33.7 Å². The molecule has 2 aromatic carbocycles. The topological polar surface area (TPSA) is 67.7 Å². The summed E-state index contributed by atoms with van der Waals surface area (Å²) in [5.41, 5.74) is 4.01. The molecule has 1 amide bonds. The normalized spacial score (nSPS) is 17.0. The molecule has 7 nitrogen and oxygen atoms in total. The molecule has 4 heterocycles. The van der Waals surface area contributed by atoms with Crippen molar-refractivity contribution in [2.75, 3.05) is 18.2 Å². The average molecular weight is 519 g/mol. The van der Waals surface area contributed by atoms with Crippen LogP contribution in [0.1, 0.15) is 51.8 Å². The first-order valence-corrected chi connectivity index (χ1v) is 13.3. The minimum atomic E-state index is -0.314. The molecule has 2 aliphatic heterocycles. The van der Waals surface area contributed by atoms with Gasteiger partial charge < -0.3 is 9.64 Å². The van der Waals surface area contributed by atoms with E-state index in [1.165, 1.54) is 11.6 Å². The Hall–Kier alpha value is -4.65. The fourth-order valence-electron chi connectivity index (χ4n) is 5.35. The first kappa shape index (κ1) is 24.7. The number of fused-ring (bicyclic) bond motifs is 5. The molecule has 39 heavy (non-hydrogen) atoms. The molecule has 1 unspecified atom stereocenters. The van der Waals surface area contributed by atoms with E-state index in [-0.39, 0.29) is 35.4 Å². The second kappa shape index (κ2) is 11.0. The standard InChI is InChI=1S/C32H30N4O3/c37-28-18-21-35-30(31(28)39-22-24-12-4-3-5-13-24)32(38)34-20-11-2-1-6-14-25-15-7-8-16-26(25)29(36(35)23-34)27-17-9-10-19-33-27/h1,3-10,12-13,15-19,21,29H,2,11,14,20,22-23H2. The van der Waals surface area contributed by atoms with Gasteiger partial charge in [-0.2, -0.15) is 0 Å². The smallest absolute Gasteiger partial charge is 0.277 e. The van der Waals surface area contributed by atoms with Crippen molar-refractivity contribution < 1.29 is 9.53 Å². The van der Waals surface area contributed by atoms with Crippen LogP contribution in [0.5, 0.6) is 5.75 Å². The number of nitrogens with zero attached hydrogens (tertiary/aromatic N) is 4. The number of carbonyl (C=O) groups is 1. The molecular weight excluding hydrogens is 488 g/mol. The molecule has 2 aromatic heterocycles. The SMILES string of the molecule is O=C1c2c(OCc3ccccc3)c(=O)ccn2N2CN1CCCC=CCc1ccccc1C2c1ccccn1. The number of hydrogen-bond acceptors (Lipinski definition) is 5. The number of carbonyl (C=O) groups excluding carboxylic acids is 1. The summed E-state index contributed by atoms with van der Waals surface area (Å²) >= 11 is 0. The number of rotatable bonds is 4. The lowest BCUT2D eigenvalue weighted by Crippen LogP contribution is -2.56. The third-order valence-electron chi connectivity index (χ3n) is 7.26. The lowest BCUT2D eigenvalue weighted by Gasteiger charge is -2.44. The third-order valence-corrected chi connectivity index (χ3v) is 7.26. The molecular formula is C32H30N4O3. The fraction of sp³-hybridized carbons (Fsp3) is 0.219. The number of allylic oxidation sites excluding steroid dienone is 2. The van der Waals surface area contributed by atoms with Crippen molar-refractivity contribution >= 4 is 5.91 Å². The highest BCUT2D eigenvalue weighted by Crippen LogP contribution is 2.34. The Bertz CT molecular complexity index is 1550. The van der Waals surface area contributed by atoms with E-state index in [2.05, 4.69) is 35.4 Å². The van der Waals surface area contributed by atoms with Gasteiger partial charge in [-0.3, -0.25) is 24.3 Å². The summed E-state index contributed by atoms with van der Waals surface area (Å²) in [4.78, 5) is 33.7. The minimum Gasteiger partial charge on any atom is -0.482 e. The zero-order valence-electron chi connectivity index (χ0n) is 21.6. The van der Waals surface area contributed by atoms with Crippen LogP contribution in [0.4, 0.5) is 0 Å². The number of pyridine rings is 2. The minimum absolute atomic E-state index is 0.0705. The molecule has 196 valence electrons. The number of benzene rings is 2. The van der Waals surface area contributed by atoms with E-state index in [1.807, 2.05) is 59.5 Å². The molecule has 2 bridgehead atoms. The number of amides is 1. The van der Waals surface area contributed by atoms with Crippen molar-refractivity contribution in [3.05, 3.63) is 142 Å². The predicted octanol–water partition coefficient (Wildman–Crippen LogP) is 4.86. The van der Waals surface area contributed by atoms with Crippen LogP contribution in [0.15, 0.2) is 108 Å². The van der Waals surface area contributed by atoms with E-state index in [4.69, 9.17) is 9.72 Å². The summed E-state index contributed by atoms with van der Waals surface area (Å²) in [5, 5.41) is 2.12. The fourth-order valence-corrected chi connectivity index (χ4v) is 5.35. The van der Waals surface area contributed by atoms with Gasteiger partial charge in [0.2, 0.25) is 5.43 Å². The Balaban J connectivity index is 1.53. The van der Waals surface area contributed by atoms with Gasteiger partial charge in [0.25, 0.3) is 5.91 Å².